The average Bonchev–Trinajstić information content (AvgIpc) is 3.35. The molecule has 130 valence electrons. The van der Waals surface area contributed by atoms with Gasteiger partial charge in [0, 0.05) is 6.07 Å². The summed E-state index contributed by atoms with van der Waals surface area (Å²) in [6, 6.07) is 15.5. The molecule has 1 aliphatic carbocycles. The summed E-state index contributed by atoms with van der Waals surface area (Å²) in [5.41, 5.74) is 1.42. The van der Waals surface area contributed by atoms with Crippen LogP contribution < -0.4 is 9.80 Å². The lowest BCUT2D eigenvalue weighted by molar-refractivity contribution is -0.132. The molecule has 0 aromatic heterocycles. The molecule has 1 heterocycles. The molecule has 1 atom stereocenters. The summed E-state index contributed by atoms with van der Waals surface area (Å²) in [4.78, 5) is 18.9. The molecule has 2 aromatic carbocycles. The Bertz CT molecular complexity index is 791. The minimum Gasteiger partial charge on any atom is -0.457 e. The van der Waals surface area contributed by atoms with Gasteiger partial charge in [-0.1, -0.05) is 24.3 Å². The van der Waals surface area contributed by atoms with E-state index in [0.29, 0.717) is 11.7 Å². The van der Waals surface area contributed by atoms with Crippen LogP contribution in [0.3, 0.4) is 0 Å². The third kappa shape index (κ3) is 3.27. The summed E-state index contributed by atoms with van der Waals surface area (Å²) in [6.07, 6.45) is 2.23. The summed E-state index contributed by atoms with van der Waals surface area (Å²) in [5.74, 6) is 1.89. The maximum atomic E-state index is 13.0. The number of rotatable bonds is 4. The van der Waals surface area contributed by atoms with Crippen molar-refractivity contribution < 1.29 is 14.4 Å². The third-order valence-corrected chi connectivity index (χ3v) is 4.46. The molecule has 4 heteroatoms. The number of anilines is 1. The Hall–Kier alpha value is -2.33. The van der Waals surface area contributed by atoms with Crippen LogP contribution in [-0.2, 0) is 9.63 Å². The maximum Gasteiger partial charge on any atom is 0.258 e. The van der Waals surface area contributed by atoms with Crippen LogP contribution in [0.5, 0.6) is 11.5 Å². The van der Waals surface area contributed by atoms with Crippen LogP contribution in [0.2, 0.25) is 0 Å². The molecule has 25 heavy (non-hydrogen) atoms. The number of amides is 1. The van der Waals surface area contributed by atoms with E-state index >= 15 is 0 Å². The van der Waals surface area contributed by atoms with Gasteiger partial charge in [-0.05, 0) is 63.3 Å². The topological polar surface area (TPSA) is 38.8 Å². The number of nitrogens with zero attached hydrogens (tertiary/aromatic N) is 1. The monoisotopic (exact) mass is 337 g/mol. The number of hydrogen-bond donors (Lipinski definition) is 0. The summed E-state index contributed by atoms with van der Waals surface area (Å²) in [6.45, 7) is 5.86. The van der Waals surface area contributed by atoms with Crippen LogP contribution in [0.25, 0.3) is 0 Å². The largest absolute Gasteiger partial charge is 0.457 e. The molecule has 0 radical (unpaired) electrons. The van der Waals surface area contributed by atoms with Crippen molar-refractivity contribution in [2.45, 2.75) is 45.1 Å². The standard InChI is InChI=1S/C21H23NO3/c1-21(2,3)25-22-18-13-16(24-15-7-5-4-6-8-15)11-12-17(18)19(20(22)23)14-9-10-14/h4-8,11-14,19H,9-10H2,1-3H3. The molecular weight excluding hydrogens is 314 g/mol. The SMILES string of the molecule is CC(C)(C)ON1C(=O)C(C2CC2)c2ccc(Oc3ccccc3)cc21. The van der Waals surface area contributed by atoms with Crippen LogP contribution in [0.1, 0.15) is 45.1 Å². The lowest BCUT2D eigenvalue weighted by atomic mass is 9.96. The van der Waals surface area contributed by atoms with E-state index < -0.39 is 5.60 Å². The van der Waals surface area contributed by atoms with E-state index in [1.165, 1.54) is 5.06 Å². The highest BCUT2D eigenvalue weighted by Crippen LogP contribution is 2.51. The first-order valence-corrected chi connectivity index (χ1v) is 8.82. The molecule has 1 fully saturated rings. The minimum atomic E-state index is -0.443. The smallest absolute Gasteiger partial charge is 0.258 e. The van der Waals surface area contributed by atoms with Gasteiger partial charge in [0.1, 0.15) is 11.5 Å². The summed E-state index contributed by atoms with van der Waals surface area (Å²) in [7, 11) is 0. The summed E-state index contributed by atoms with van der Waals surface area (Å²) < 4.78 is 5.94. The molecule has 1 unspecified atom stereocenters. The number of fused-ring (bicyclic) bond motifs is 1. The second kappa shape index (κ2) is 5.88. The van der Waals surface area contributed by atoms with Gasteiger partial charge < -0.3 is 4.74 Å². The molecule has 4 rings (SSSR count). The number of hydrogen-bond acceptors (Lipinski definition) is 3. The first kappa shape index (κ1) is 16.2. The Morgan fingerprint density at radius 2 is 1.72 bits per heavy atom. The molecule has 0 saturated heterocycles. The Kier molecular flexibility index (Phi) is 3.80. The first-order chi connectivity index (χ1) is 11.9. The van der Waals surface area contributed by atoms with E-state index in [1.54, 1.807) is 0 Å². The molecule has 2 aromatic rings. The fourth-order valence-corrected chi connectivity index (χ4v) is 3.28. The van der Waals surface area contributed by atoms with Crippen LogP contribution in [0.4, 0.5) is 5.69 Å². The lowest BCUT2D eigenvalue weighted by Crippen LogP contribution is -2.37. The molecule has 1 amide bonds. The number of carbonyl (C=O) groups excluding carboxylic acids is 1. The summed E-state index contributed by atoms with van der Waals surface area (Å²) in [5, 5.41) is 1.48. The summed E-state index contributed by atoms with van der Waals surface area (Å²) >= 11 is 0. The fraction of sp³-hybridized carbons (Fsp3) is 0.381. The second-order valence-electron chi connectivity index (χ2n) is 7.79. The molecule has 0 N–H and O–H groups in total. The zero-order valence-corrected chi connectivity index (χ0v) is 14.9. The van der Waals surface area contributed by atoms with Crippen molar-refractivity contribution in [2.24, 2.45) is 5.92 Å². The zero-order chi connectivity index (χ0) is 17.6. The maximum absolute atomic E-state index is 13.0. The number of benzene rings is 2. The highest BCUT2D eigenvalue weighted by molar-refractivity contribution is 6.04. The van der Waals surface area contributed by atoms with Crippen LogP contribution in [0.15, 0.2) is 48.5 Å². The van der Waals surface area contributed by atoms with Crippen LogP contribution >= 0.6 is 0 Å². The minimum absolute atomic E-state index is 0.0456. The van der Waals surface area contributed by atoms with E-state index in [9.17, 15) is 4.79 Å². The van der Waals surface area contributed by atoms with E-state index in [1.807, 2.05) is 69.3 Å². The highest BCUT2D eigenvalue weighted by Gasteiger charge is 2.47. The van der Waals surface area contributed by atoms with Crippen molar-refractivity contribution in [2.75, 3.05) is 5.06 Å². The molecule has 0 spiro atoms. The number of ether oxygens (including phenoxy) is 1. The molecule has 4 nitrogen and oxygen atoms in total. The van der Waals surface area contributed by atoms with E-state index in [2.05, 4.69) is 0 Å². The molecule has 1 saturated carbocycles. The van der Waals surface area contributed by atoms with Gasteiger partial charge in [0.25, 0.3) is 5.91 Å². The van der Waals surface area contributed by atoms with Crippen molar-refractivity contribution in [3.8, 4) is 11.5 Å². The van der Waals surface area contributed by atoms with Gasteiger partial charge in [0.05, 0.1) is 17.2 Å². The van der Waals surface area contributed by atoms with Gasteiger partial charge in [-0.25, -0.2) is 0 Å². The highest BCUT2D eigenvalue weighted by atomic mass is 16.7. The van der Waals surface area contributed by atoms with Gasteiger partial charge in [0.2, 0.25) is 0 Å². The Balaban J connectivity index is 1.69. The van der Waals surface area contributed by atoms with E-state index in [-0.39, 0.29) is 11.8 Å². The van der Waals surface area contributed by atoms with Crippen molar-refractivity contribution in [1.29, 1.82) is 0 Å². The molecule has 0 bridgehead atoms. The predicted molar refractivity (Wildman–Crippen MR) is 96.7 cm³/mol. The quantitative estimate of drug-likeness (QED) is 0.784. The average molecular weight is 337 g/mol. The van der Waals surface area contributed by atoms with Crippen LogP contribution in [0, 0.1) is 5.92 Å². The van der Waals surface area contributed by atoms with Crippen LogP contribution in [-0.4, -0.2) is 11.5 Å². The van der Waals surface area contributed by atoms with Crippen molar-refractivity contribution in [1.82, 2.24) is 0 Å². The normalized spacial score (nSPS) is 19.9. The Morgan fingerprint density at radius 1 is 1.00 bits per heavy atom. The predicted octanol–water partition coefficient (Wildman–Crippen LogP) is 5.05. The number of para-hydroxylation sites is 1. The van der Waals surface area contributed by atoms with Gasteiger partial charge in [-0.3, -0.25) is 9.63 Å². The fourth-order valence-electron chi connectivity index (χ4n) is 3.28. The van der Waals surface area contributed by atoms with E-state index in [4.69, 9.17) is 9.57 Å². The lowest BCUT2D eigenvalue weighted by Gasteiger charge is -2.27. The Morgan fingerprint density at radius 3 is 2.36 bits per heavy atom. The van der Waals surface area contributed by atoms with Crippen molar-refractivity contribution >= 4 is 11.6 Å². The molecular formula is C21H23NO3. The van der Waals surface area contributed by atoms with Gasteiger partial charge in [-0.15, -0.1) is 0 Å². The second-order valence-corrected chi connectivity index (χ2v) is 7.79. The van der Waals surface area contributed by atoms with E-state index in [0.717, 1.165) is 29.8 Å². The van der Waals surface area contributed by atoms with Crippen molar-refractivity contribution in [3.05, 3.63) is 54.1 Å². The Labute approximate surface area is 148 Å². The first-order valence-electron chi connectivity index (χ1n) is 8.82. The number of hydroxylamine groups is 1. The van der Waals surface area contributed by atoms with Crippen molar-refractivity contribution in [3.63, 3.8) is 0 Å². The number of carbonyl (C=O) groups is 1. The zero-order valence-electron chi connectivity index (χ0n) is 14.9. The van der Waals surface area contributed by atoms with Gasteiger partial charge in [-0.2, -0.15) is 5.06 Å². The van der Waals surface area contributed by atoms with Gasteiger partial charge in [0.15, 0.2) is 0 Å². The molecule has 2 aliphatic rings. The van der Waals surface area contributed by atoms with Gasteiger partial charge >= 0.3 is 0 Å². The third-order valence-electron chi connectivity index (χ3n) is 4.46. The molecule has 1 aliphatic heterocycles.